The van der Waals surface area contributed by atoms with Gasteiger partial charge in [-0.25, -0.2) is 0 Å². The van der Waals surface area contributed by atoms with Gasteiger partial charge in [-0.05, 0) is 25.0 Å². The van der Waals surface area contributed by atoms with Crippen molar-refractivity contribution in [2.24, 2.45) is 5.92 Å². The van der Waals surface area contributed by atoms with Crippen LogP contribution in [0.5, 0.6) is 0 Å². The lowest BCUT2D eigenvalue weighted by Crippen LogP contribution is -2.64. The maximum atomic E-state index is 12.8. The molecule has 1 aromatic heterocycles. The van der Waals surface area contributed by atoms with Gasteiger partial charge < -0.3 is 14.6 Å². The Balaban J connectivity index is 1.99. The SMILES string of the molecule is O=C(O)C1CC2(C1)c1cccn1CCN2C(=O)C(F)(F)F. The Morgan fingerprint density at radius 3 is 2.52 bits per heavy atom. The molecular weight excluding hydrogens is 289 g/mol. The third-order valence-corrected chi connectivity index (χ3v) is 4.39. The Morgan fingerprint density at radius 1 is 1.29 bits per heavy atom. The van der Waals surface area contributed by atoms with E-state index in [0.29, 0.717) is 5.69 Å². The maximum Gasteiger partial charge on any atom is 0.471 e. The number of hydrogen-bond donors (Lipinski definition) is 1. The highest BCUT2D eigenvalue weighted by molar-refractivity contribution is 5.84. The average molecular weight is 302 g/mol. The van der Waals surface area contributed by atoms with Crippen LogP contribution in [0.3, 0.4) is 0 Å². The van der Waals surface area contributed by atoms with E-state index in [4.69, 9.17) is 5.11 Å². The Morgan fingerprint density at radius 2 is 1.95 bits per heavy atom. The molecule has 0 bridgehead atoms. The maximum absolute atomic E-state index is 12.8. The number of hydrogen-bond acceptors (Lipinski definition) is 2. The summed E-state index contributed by atoms with van der Waals surface area (Å²) in [5, 5.41) is 9.00. The van der Waals surface area contributed by atoms with Gasteiger partial charge in [-0.2, -0.15) is 13.2 Å². The molecule has 1 spiro atoms. The molecule has 1 N–H and O–H groups in total. The number of aromatic nitrogens is 1. The molecule has 8 heteroatoms. The van der Waals surface area contributed by atoms with Crippen LogP contribution in [-0.4, -0.2) is 39.2 Å². The lowest BCUT2D eigenvalue weighted by molar-refractivity contribution is -0.202. The van der Waals surface area contributed by atoms with E-state index in [1.54, 1.807) is 22.9 Å². The van der Waals surface area contributed by atoms with Gasteiger partial charge in [-0.1, -0.05) is 0 Å². The van der Waals surface area contributed by atoms with Gasteiger partial charge in [0.15, 0.2) is 0 Å². The lowest BCUT2D eigenvalue weighted by atomic mass is 9.64. The summed E-state index contributed by atoms with van der Waals surface area (Å²) in [6.45, 7) is 0.218. The number of nitrogens with zero attached hydrogens (tertiary/aromatic N) is 2. The first-order valence-electron chi connectivity index (χ1n) is 6.53. The monoisotopic (exact) mass is 302 g/mol. The van der Waals surface area contributed by atoms with Crippen LogP contribution in [0.15, 0.2) is 18.3 Å². The van der Waals surface area contributed by atoms with E-state index >= 15 is 0 Å². The predicted molar refractivity (Wildman–Crippen MR) is 64.2 cm³/mol. The Bertz CT molecular complexity index is 602. The van der Waals surface area contributed by atoms with Crippen molar-refractivity contribution in [1.29, 1.82) is 0 Å². The summed E-state index contributed by atoms with van der Waals surface area (Å²) >= 11 is 0. The fourth-order valence-corrected chi connectivity index (χ4v) is 3.40. The second-order valence-corrected chi connectivity index (χ2v) is 5.52. The van der Waals surface area contributed by atoms with Crippen LogP contribution in [0.4, 0.5) is 13.2 Å². The number of amides is 1. The van der Waals surface area contributed by atoms with E-state index in [2.05, 4.69) is 0 Å². The highest BCUT2D eigenvalue weighted by atomic mass is 19.4. The molecule has 1 saturated carbocycles. The molecule has 1 aliphatic heterocycles. The van der Waals surface area contributed by atoms with Gasteiger partial charge in [-0.15, -0.1) is 0 Å². The molecule has 114 valence electrons. The van der Waals surface area contributed by atoms with Crippen molar-refractivity contribution in [1.82, 2.24) is 9.47 Å². The quantitative estimate of drug-likeness (QED) is 0.857. The van der Waals surface area contributed by atoms with Crippen LogP contribution in [0.1, 0.15) is 18.5 Å². The number of rotatable bonds is 1. The van der Waals surface area contributed by atoms with Crippen LogP contribution >= 0.6 is 0 Å². The smallest absolute Gasteiger partial charge is 0.471 e. The molecule has 0 saturated heterocycles. The Labute approximate surface area is 117 Å². The first kappa shape index (κ1) is 14.0. The predicted octanol–water partition coefficient (Wildman–Crippen LogP) is 1.58. The van der Waals surface area contributed by atoms with Crippen molar-refractivity contribution in [2.75, 3.05) is 6.54 Å². The summed E-state index contributed by atoms with van der Waals surface area (Å²) in [4.78, 5) is 23.5. The van der Waals surface area contributed by atoms with Gasteiger partial charge in [0.1, 0.15) is 0 Å². The van der Waals surface area contributed by atoms with Crippen molar-refractivity contribution in [2.45, 2.75) is 31.1 Å². The van der Waals surface area contributed by atoms with E-state index in [0.717, 1.165) is 4.90 Å². The zero-order valence-electron chi connectivity index (χ0n) is 10.9. The molecule has 2 aliphatic rings. The minimum absolute atomic E-state index is 0.0220. The Kier molecular flexibility index (Phi) is 2.83. The highest BCUT2D eigenvalue weighted by Crippen LogP contribution is 2.52. The zero-order chi connectivity index (χ0) is 15.4. The fourth-order valence-electron chi connectivity index (χ4n) is 3.40. The lowest BCUT2D eigenvalue weighted by Gasteiger charge is -2.55. The number of carboxylic acid groups (broad SMARTS) is 1. The van der Waals surface area contributed by atoms with Gasteiger partial charge in [0, 0.05) is 25.0 Å². The van der Waals surface area contributed by atoms with Gasteiger partial charge >= 0.3 is 18.1 Å². The molecule has 3 rings (SSSR count). The van der Waals surface area contributed by atoms with Gasteiger partial charge in [-0.3, -0.25) is 9.59 Å². The molecule has 1 amide bonds. The van der Waals surface area contributed by atoms with Crippen LogP contribution in [0, 0.1) is 5.92 Å². The second-order valence-electron chi connectivity index (χ2n) is 5.52. The van der Waals surface area contributed by atoms with Crippen LogP contribution in [0.25, 0.3) is 0 Å². The highest BCUT2D eigenvalue weighted by Gasteiger charge is 2.60. The van der Waals surface area contributed by atoms with Gasteiger partial charge in [0.2, 0.25) is 0 Å². The third kappa shape index (κ3) is 1.92. The standard InChI is InChI=1S/C13H13F3N2O3/c14-13(15,16)11(21)18-5-4-17-3-1-2-9(17)12(18)6-8(7-12)10(19)20/h1-3,8H,4-7H2,(H,19,20). The van der Waals surface area contributed by atoms with Crippen molar-refractivity contribution >= 4 is 11.9 Å². The second kappa shape index (κ2) is 4.25. The number of carbonyl (C=O) groups is 2. The topological polar surface area (TPSA) is 62.5 Å². The minimum atomic E-state index is -4.95. The van der Waals surface area contributed by atoms with Crippen molar-refractivity contribution in [3.63, 3.8) is 0 Å². The van der Waals surface area contributed by atoms with E-state index in [1.165, 1.54) is 0 Å². The summed E-state index contributed by atoms with van der Waals surface area (Å²) in [7, 11) is 0. The van der Waals surface area contributed by atoms with Crippen LogP contribution in [-0.2, 0) is 21.7 Å². The largest absolute Gasteiger partial charge is 0.481 e. The number of carboxylic acids is 1. The van der Waals surface area contributed by atoms with Crippen molar-refractivity contribution < 1.29 is 27.9 Å². The molecule has 1 aromatic rings. The van der Waals surface area contributed by atoms with E-state index in [-0.39, 0.29) is 25.9 Å². The van der Waals surface area contributed by atoms with Crippen LogP contribution < -0.4 is 0 Å². The number of alkyl halides is 3. The molecule has 0 atom stereocenters. The van der Waals surface area contributed by atoms with Crippen LogP contribution in [0.2, 0.25) is 0 Å². The summed E-state index contributed by atoms with van der Waals surface area (Å²) in [5.41, 5.74) is -0.555. The molecular formula is C13H13F3N2O3. The molecule has 0 aromatic carbocycles. The summed E-state index contributed by atoms with van der Waals surface area (Å²) in [5.74, 6) is -3.64. The molecule has 21 heavy (non-hydrogen) atoms. The number of halogens is 3. The number of aliphatic carboxylic acids is 1. The van der Waals surface area contributed by atoms with E-state index < -0.39 is 29.5 Å². The molecule has 5 nitrogen and oxygen atoms in total. The van der Waals surface area contributed by atoms with Gasteiger partial charge in [0.25, 0.3) is 0 Å². The van der Waals surface area contributed by atoms with Crippen molar-refractivity contribution in [3.05, 3.63) is 24.0 Å². The minimum Gasteiger partial charge on any atom is -0.481 e. The molecule has 0 radical (unpaired) electrons. The molecule has 0 unspecified atom stereocenters. The summed E-state index contributed by atoms with van der Waals surface area (Å²) in [6.07, 6.45) is -3.17. The number of fused-ring (bicyclic) bond motifs is 2. The normalized spacial score (nSPS) is 28.1. The molecule has 1 aliphatic carbocycles. The molecule has 2 heterocycles. The summed E-state index contributed by atoms with van der Waals surface area (Å²) in [6, 6.07) is 3.36. The molecule has 1 fully saturated rings. The van der Waals surface area contributed by atoms with E-state index in [9.17, 15) is 22.8 Å². The van der Waals surface area contributed by atoms with Gasteiger partial charge in [0.05, 0.1) is 11.5 Å². The van der Waals surface area contributed by atoms with Crippen molar-refractivity contribution in [3.8, 4) is 0 Å². The number of carbonyl (C=O) groups excluding carboxylic acids is 1. The zero-order valence-corrected chi connectivity index (χ0v) is 10.9. The third-order valence-electron chi connectivity index (χ3n) is 4.39. The first-order valence-corrected chi connectivity index (χ1v) is 6.53. The Hall–Kier alpha value is -1.99. The summed E-state index contributed by atoms with van der Waals surface area (Å²) < 4.78 is 40.1. The first-order chi connectivity index (χ1) is 9.75. The average Bonchev–Trinajstić information content (AvgIpc) is 2.80. The fraction of sp³-hybridized carbons (Fsp3) is 0.538. The van der Waals surface area contributed by atoms with E-state index in [1.807, 2.05) is 0 Å².